The molecule has 11 heteroatoms. The highest BCUT2D eigenvalue weighted by atomic mass is 19.4. The average Bonchev–Trinajstić information content (AvgIpc) is 3.70. The molecule has 3 aliphatic rings. The second-order valence-electron chi connectivity index (χ2n) is 10.2. The van der Waals surface area contributed by atoms with Crippen LogP contribution in [0.15, 0.2) is 42.5 Å². The van der Waals surface area contributed by atoms with Gasteiger partial charge in [0.2, 0.25) is 11.8 Å². The predicted molar refractivity (Wildman–Crippen MR) is 127 cm³/mol. The first-order chi connectivity index (χ1) is 17.9. The Bertz CT molecular complexity index is 1340. The van der Waals surface area contributed by atoms with Crippen LogP contribution >= 0.6 is 0 Å². The van der Waals surface area contributed by atoms with Crippen molar-refractivity contribution in [3.63, 3.8) is 0 Å². The molecule has 1 saturated heterocycles. The number of alkyl halides is 3. The summed E-state index contributed by atoms with van der Waals surface area (Å²) in [4.78, 5) is 44.3. The zero-order valence-corrected chi connectivity index (χ0v) is 20.5. The molecule has 0 N–H and O–H groups in total. The summed E-state index contributed by atoms with van der Waals surface area (Å²) in [5.74, 6) is -2.56. The minimum atomic E-state index is -4.52. The molecule has 2 aromatic rings. The number of amides is 3. The summed E-state index contributed by atoms with van der Waals surface area (Å²) >= 11 is 0. The number of hydrogen-bond donors (Lipinski definition) is 0. The maximum atomic E-state index is 14.9. The monoisotopic (exact) mass is 528 g/mol. The van der Waals surface area contributed by atoms with E-state index < -0.39 is 47.4 Å². The standard InChI is InChI=1S/C27H24F4N4O3/c1-33(20-7-8-20)24(37)18-11-26(12-18)25(38)34(22-9-4-17(13-32)10-21(22)28)15-23(36)35(26)14-16-2-5-19(6-3-16)27(29,30)31/h2-6,9-10,18,20H,7-8,11-12,14-15H2,1H3. The molecule has 0 atom stereocenters. The number of piperazine rings is 1. The highest BCUT2D eigenvalue weighted by molar-refractivity contribution is 6.10. The SMILES string of the molecule is CN(C(=O)C1CC2(C1)C(=O)N(c1ccc(C#N)cc1F)CC(=O)N2Cc1ccc(C(F)(F)F)cc1)C1CC1. The van der Waals surface area contributed by atoms with E-state index in [4.69, 9.17) is 5.26 Å². The number of halogens is 4. The zero-order valence-electron chi connectivity index (χ0n) is 20.5. The molecular formula is C27H24F4N4O3. The van der Waals surface area contributed by atoms with E-state index >= 15 is 0 Å². The average molecular weight is 529 g/mol. The van der Waals surface area contributed by atoms with Crippen molar-refractivity contribution >= 4 is 23.4 Å². The molecule has 2 saturated carbocycles. The number of benzene rings is 2. The minimum absolute atomic E-state index is 0.0303. The van der Waals surface area contributed by atoms with Gasteiger partial charge in [0.25, 0.3) is 5.91 Å². The molecule has 5 rings (SSSR count). The highest BCUT2D eigenvalue weighted by Gasteiger charge is 2.62. The molecule has 1 spiro atoms. The van der Waals surface area contributed by atoms with Crippen LogP contribution in [0.1, 0.15) is 42.4 Å². The number of rotatable bonds is 5. The van der Waals surface area contributed by atoms with Crippen molar-refractivity contribution in [3.05, 3.63) is 65.0 Å². The third kappa shape index (κ3) is 4.38. The molecule has 38 heavy (non-hydrogen) atoms. The molecule has 0 bridgehead atoms. The number of anilines is 1. The lowest BCUT2D eigenvalue weighted by molar-refractivity contribution is -0.167. The first kappa shape index (κ1) is 25.7. The second-order valence-corrected chi connectivity index (χ2v) is 10.2. The molecule has 0 unspecified atom stereocenters. The van der Waals surface area contributed by atoms with Crippen LogP contribution in [0, 0.1) is 23.1 Å². The van der Waals surface area contributed by atoms with E-state index in [0.29, 0.717) is 5.56 Å². The van der Waals surface area contributed by atoms with Gasteiger partial charge < -0.3 is 9.80 Å². The van der Waals surface area contributed by atoms with Gasteiger partial charge in [-0.3, -0.25) is 19.3 Å². The Morgan fingerprint density at radius 2 is 1.79 bits per heavy atom. The maximum absolute atomic E-state index is 14.9. The molecule has 3 amide bonds. The van der Waals surface area contributed by atoms with Crippen molar-refractivity contribution < 1.29 is 31.9 Å². The first-order valence-corrected chi connectivity index (χ1v) is 12.2. The summed E-state index contributed by atoms with van der Waals surface area (Å²) in [6.07, 6.45) is -2.64. The Morgan fingerprint density at radius 1 is 1.13 bits per heavy atom. The fourth-order valence-corrected chi connectivity index (χ4v) is 5.36. The van der Waals surface area contributed by atoms with Gasteiger partial charge in [-0.2, -0.15) is 18.4 Å². The van der Waals surface area contributed by atoms with Crippen LogP contribution in [0.3, 0.4) is 0 Å². The van der Waals surface area contributed by atoms with Gasteiger partial charge in [0.15, 0.2) is 0 Å². The normalized spacial score (nSPS) is 23.3. The Hall–Kier alpha value is -3.94. The summed E-state index contributed by atoms with van der Waals surface area (Å²) in [7, 11) is 1.71. The van der Waals surface area contributed by atoms with Gasteiger partial charge in [-0.15, -0.1) is 0 Å². The van der Waals surface area contributed by atoms with Crippen molar-refractivity contribution in [2.45, 2.75) is 50.0 Å². The Balaban J connectivity index is 1.46. The molecule has 1 heterocycles. The van der Waals surface area contributed by atoms with Crippen LogP contribution in [0.25, 0.3) is 0 Å². The fourth-order valence-electron chi connectivity index (χ4n) is 5.36. The van der Waals surface area contributed by atoms with Gasteiger partial charge in [-0.05, 0) is 61.6 Å². The summed E-state index contributed by atoms with van der Waals surface area (Å²) < 4.78 is 53.9. The van der Waals surface area contributed by atoms with Gasteiger partial charge in [-0.25, -0.2) is 4.39 Å². The quantitative estimate of drug-likeness (QED) is 0.552. The summed E-state index contributed by atoms with van der Waals surface area (Å²) in [6, 6.07) is 9.89. The lowest BCUT2D eigenvalue weighted by Gasteiger charge is -2.56. The Morgan fingerprint density at radius 3 is 2.34 bits per heavy atom. The zero-order chi connectivity index (χ0) is 27.4. The predicted octanol–water partition coefficient (Wildman–Crippen LogP) is 3.86. The molecule has 1 aliphatic heterocycles. The molecular weight excluding hydrogens is 504 g/mol. The van der Waals surface area contributed by atoms with E-state index in [-0.39, 0.29) is 42.6 Å². The number of hydrogen-bond acceptors (Lipinski definition) is 4. The molecule has 2 aromatic carbocycles. The maximum Gasteiger partial charge on any atom is 0.416 e. The fraction of sp³-hybridized carbons (Fsp3) is 0.407. The molecule has 198 valence electrons. The van der Waals surface area contributed by atoms with E-state index in [1.807, 2.05) is 6.07 Å². The number of nitriles is 1. The first-order valence-electron chi connectivity index (χ1n) is 12.2. The lowest BCUT2D eigenvalue weighted by Crippen LogP contribution is -2.73. The lowest BCUT2D eigenvalue weighted by atomic mass is 9.64. The van der Waals surface area contributed by atoms with Crippen molar-refractivity contribution in [1.82, 2.24) is 9.80 Å². The van der Waals surface area contributed by atoms with Gasteiger partial charge in [0.05, 0.1) is 22.9 Å². The smallest absolute Gasteiger partial charge is 0.343 e. The molecule has 7 nitrogen and oxygen atoms in total. The topological polar surface area (TPSA) is 84.7 Å². The summed E-state index contributed by atoms with van der Waals surface area (Å²) in [5, 5.41) is 9.04. The van der Waals surface area contributed by atoms with Crippen molar-refractivity contribution in [3.8, 4) is 6.07 Å². The Labute approximate surface area is 216 Å². The number of nitrogens with zero attached hydrogens (tertiary/aromatic N) is 4. The molecule has 3 fully saturated rings. The van der Waals surface area contributed by atoms with Crippen molar-refractivity contribution in [1.29, 1.82) is 5.26 Å². The number of carbonyl (C=O) groups is 3. The largest absolute Gasteiger partial charge is 0.416 e. The van der Waals surface area contributed by atoms with Crippen LogP contribution in [0.4, 0.5) is 23.2 Å². The van der Waals surface area contributed by atoms with Crippen molar-refractivity contribution in [2.75, 3.05) is 18.5 Å². The molecule has 0 aromatic heterocycles. The van der Waals surface area contributed by atoms with Gasteiger partial charge in [0, 0.05) is 25.6 Å². The Kier molecular flexibility index (Phi) is 6.16. The van der Waals surface area contributed by atoms with Crippen LogP contribution in [0.2, 0.25) is 0 Å². The minimum Gasteiger partial charge on any atom is -0.343 e. The van der Waals surface area contributed by atoms with E-state index in [2.05, 4.69) is 0 Å². The molecule has 0 radical (unpaired) electrons. The second kappa shape index (κ2) is 9.11. The van der Waals surface area contributed by atoms with Crippen molar-refractivity contribution in [2.24, 2.45) is 5.92 Å². The summed E-state index contributed by atoms with van der Waals surface area (Å²) in [5.41, 5.74) is -1.99. The van der Waals surface area contributed by atoms with Crippen LogP contribution < -0.4 is 4.90 Å². The van der Waals surface area contributed by atoms with Gasteiger partial charge in [-0.1, -0.05) is 12.1 Å². The van der Waals surface area contributed by atoms with E-state index in [1.54, 1.807) is 11.9 Å². The van der Waals surface area contributed by atoms with Gasteiger partial charge in [0.1, 0.15) is 17.9 Å². The van der Waals surface area contributed by atoms with E-state index in [0.717, 1.165) is 35.9 Å². The van der Waals surface area contributed by atoms with E-state index in [1.165, 1.54) is 29.2 Å². The van der Waals surface area contributed by atoms with Crippen LogP contribution in [-0.4, -0.2) is 52.7 Å². The highest BCUT2D eigenvalue weighted by Crippen LogP contribution is 2.49. The van der Waals surface area contributed by atoms with Crippen LogP contribution in [0.5, 0.6) is 0 Å². The van der Waals surface area contributed by atoms with Crippen LogP contribution in [-0.2, 0) is 27.1 Å². The third-order valence-corrected chi connectivity index (χ3v) is 7.70. The number of carbonyl (C=O) groups excluding carboxylic acids is 3. The molecule has 2 aliphatic carbocycles. The van der Waals surface area contributed by atoms with Gasteiger partial charge >= 0.3 is 6.18 Å². The third-order valence-electron chi connectivity index (χ3n) is 7.70. The summed E-state index contributed by atoms with van der Waals surface area (Å²) in [6.45, 7) is -0.615. The van der Waals surface area contributed by atoms with E-state index in [9.17, 15) is 31.9 Å².